The lowest BCUT2D eigenvalue weighted by Crippen LogP contribution is -2.52. The van der Waals surface area contributed by atoms with Crippen LogP contribution in [0, 0.1) is 34.5 Å². The van der Waals surface area contributed by atoms with Gasteiger partial charge in [0.2, 0.25) is 0 Å². The summed E-state index contributed by atoms with van der Waals surface area (Å²) < 4.78 is 10.7. The van der Waals surface area contributed by atoms with Gasteiger partial charge in [0, 0.05) is 17.9 Å². The number of nitrogens with zero attached hydrogens (tertiary/aromatic N) is 3. The third kappa shape index (κ3) is 0.469. The van der Waals surface area contributed by atoms with Crippen molar-refractivity contribution in [2.45, 2.75) is 12.1 Å². The minimum atomic E-state index is -0.119. The van der Waals surface area contributed by atoms with Crippen molar-refractivity contribution in [1.29, 1.82) is 0 Å². The van der Waals surface area contributed by atoms with E-state index in [0.717, 1.165) is 25.0 Å². The molecule has 1 saturated heterocycles. The van der Waals surface area contributed by atoms with E-state index in [0.29, 0.717) is 11.8 Å². The summed E-state index contributed by atoms with van der Waals surface area (Å²) in [6.07, 6.45) is 0. The zero-order valence-corrected chi connectivity index (χ0v) is 10.4. The van der Waals surface area contributed by atoms with Crippen LogP contribution in [0.5, 0.6) is 0 Å². The molecular weight excluding hydrogens is 246 g/mol. The fourth-order valence-electron chi connectivity index (χ4n) is 7.50. The van der Waals surface area contributed by atoms with Crippen LogP contribution in [-0.4, -0.2) is 27.1 Å². The van der Waals surface area contributed by atoms with Gasteiger partial charge < -0.3 is 4.74 Å². The summed E-state index contributed by atoms with van der Waals surface area (Å²) in [5, 5.41) is 0. The average Bonchev–Trinajstić information content (AvgIpc) is 3.01. The summed E-state index contributed by atoms with van der Waals surface area (Å²) in [4.78, 5) is 24.8. The molecule has 98 valence electrons. The maximum absolute atomic E-state index is 12.4. The van der Waals surface area contributed by atoms with Crippen LogP contribution in [0.4, 0.5) is 0 Å². The first kappa shape index (κ1) is 8.79. The predicted octanol–water partition coefficient (Wildman–Crippen LogP) is -1.03. The molecule has 2 unspecified atom stereocenters. The molecule has 4 saturated carbocycles. The lowest BCUT2D eigenvalue weighted by Gasteiger charge is -2.44. The summed E-state index contributed by atoms with van der Waals surface area (Å²) in [6.45, 7) is 1.63. The van der Waals surface area contributed by atoms with Gasteiger partial charge in [-0.2, -0.15) is 0 Å². The van der Waals surface area contributed by atoms with Crippen molar-refractivity contribution in [3.05, 3.63) is 21.0 Å². The Morgan fingerprint density at radius 1 is 1.00 bits per heavy atom. The zero-order valence-electron chi connectivity index (χ0n) is 10.4. The Morgan fingerprint density at radius 3 is 2.05 bits per heavy atom. The van der Waals surface area contributed by atoms with Gasteiger partial charge in [-0.15, -0.1) is 0 Å². The highest BCUT2D eigenvalue weighted by atomic mass is 16.5. The molecule has 8 atom stereocenters. The van der Waals surface area contributed by atoms with E-state index >= 15 is 0 Å². The largest absolute Gasteiger partial charge is 0.380 e. The zero-order chi connectivity index (χ0) is 12.5. The standard InChI is InChI=1S/C13H13N3O3/c1-14-10(17)15-8-5-4-6(5)9(16(15)11(14)18)13-3-19-2-12(8,13)7(4)13/h4-9H,2-3H2,1H3/t4?,5-,6-,7?,8+,9+,12-,13+/m0/s1. The highest BCUT2D eigenvalue weighted by molar-refractivity contribution is 5.50. The number of aromatic nitrogens is 3. The Kier molecular flexibility index (Phi) is 0.873. The summed E-state index contributed by atoms with van der Waals surface area (Å²) in [7, 11) is 1.61. The normalized spacial score (nSPS) is 63.2. The Bertz CT molecular complexity index is 770. The molecule has 0 amide bonds. The third-order valence-corrected chi connectivity index (χ3v) is 7.66. The van der Waals surface area contributed by atoms with Gasteiger partial charge in [-0.25, -0.2) is 23.5 Å². The molecule has 0 radical (unpaired) electrons. The lowest BCUT2D eigenvalue weighted by molar-refractivity contribution is 0.0280. The first-order valence-electron chi connectivity index (χ1n) is 7.16. The highest BCUT2D eigenvalue weighted by Crippen LogP contribution is 3.03. The van der Waals surface area contributed by atoms with Crippen molar-refractivity contribution < 1.29 is 4.74 Å². The topological polar surface area (TPSA) is 58.2 Å². The third-order valence-electron chi connectivity index (χ3n) is 7.66. The van der Waals surface area contributed by atoms with Gasteiger partial charge in [-0.05, 0) is 23.7 Å². The van der Waals surface area contributed by atoms with E-state index in [2.05, 4.69) is 0 Å². The van der Waals surface area contributed by atoms with Crippen molar-refractivity contribution >= 4 is 0 Å². The first-order chi connectivity index (χ1) is 9.18. The maximum atomic E-state index is 12.4. The van der Waals surface area contributed by atoms with Crippen molar-refractivity contribution in [1.82, 2.24) is 13.9 Å². The Balaban J connectivity index is 1.71. The van der Waals surface area contributed by atoms with E-state index in [-0.39, 0.29) is 34.3 Å². The van der Waals surface area contributed by atoms with Gasteiger partial charge in [0.15, 0.2) is 0 Å². The highest BCUT2D eigenvalue weighted by Gasteiger charge is 3.04. The van der Waals surface area contributed by atoms with Crippen LogP contribution in [0.15, 0.2) is 9.59 Å². The number of rotatable bonds is 0. The van der Waals surface area contributed by atoms with E-state index in [4.69, 9.17) is 4.74 Å². The quantitative estimate of drug-likeness (QED) is 0.598. The Labute approximate surface area is 107 Å². The Hall–Kier alpha value is -1.30. The van der Waals surface area contributed by atoms with E-state index in [9.17, 15) is 9.59 Å². The molecule has 1 aromatic rings. The SMILES string of the molecule is Cn1c(=O)n2n(c1=O)[C@@H]1[C@H]3C4C5[C@@]6(COC[C@@]516)[C@H]2[C@@H]43. The molecular formula is C13H13N3O3. The van der Waals surface area contributed by atoms with E-state index in [1.54, 1.807) is 7.05 Å². The number of hydrogen-bond donors (Lipinski definition) is 0. The van der Waals surface area contributed by atoms with Gasteiger partial charge in [0.1, 0.15) is 0 Å². The van der Waals surface area contributed by atoms with Crippen LogP contribution in [0.1, 0.15) is 12.1 Å². The van der Waals surface area contributed by atoms with Crippen molar-refractivity contribution in [2.75, 3.05) is 13.2 Å². The molecule has 6 nitrogen and oxygen atoms in total. The fourth-order valence-corrected chi connectivity index (χ4v) is 7.50. The van der Waals surface area contributed by atoms with Crippen LogP contribution in [0.25, 0.3) is 0 Å². The van der Waals surface area contributed by atoms with Crippen LogP contribution >= 0.6 is 0 Å². The Morgan fingerprint density at radius 2 is 1.53 bits per heavy atom. The molecule has 8 rings (SSSR count). The smallest absolute Gasteiger partial charge is 0.347 e. The van der Waals surface area contributed by atoms with Crippen LogP contribution in [-0.2, 0) is 11.8 Å². The second kappa shape index (κ2) is 1.89. The summed E-state index contributed by atoms with van der Waals surface area (Å²) in [5.41, 5.74) is 0.205. The predicted molar refractivity (Wildman–Crippen MR) is 61.7 cm³/mol. The lowest BCUT2D eigenvalue weighted by atomic mass is 9.73. The maximum Gasteiger partial charge on any atom is 0.347 e. The monoisotopic (exact) mass is 259 g/mol. The first-order valence-corrected chi connectivity index (χ1v) is 7.16. The molecule has 4 heterocycles. The second-order valence-corrected chi connectivity index (χ2v) is 7.49. The molecule has 7 aliphatic rings. The fraction of sp³-hybridized carbons (Fsp3) is 0.846. The van der Waals surface area contributed by atoms with Crippen molar-refractivity contribution in [3.63, 3.8) is 0 Å². The van der Waals surface area contributed by atoms with Crippen molar-refractivity contribution in [3.8, 4) is 0 Å². The minimum Gasteiger partial charge on any atom is -0.380 e. The molecule has 6 heteroatoms. The van der Waals surface area contributed by atoms with E-state index < -0.39 is 0 Å². The van der Waals surface area contributed by atoms with Gasteiger partial charge in [0.05, 0.1) is 25.3 Å². The van der Waals surface area contributed by atoms with E-state index in [1.165, 1.54) is 4.57 Å². The minimum absolute atomic E-state index is 0.119. The van der Waals surface area contributed by atoms with Crippen LogP contribution in [0.3, 0.4) is 0 Å². The average molecular weight is 259 g/mol. The molecule has 19 heavy (non-hydrogen) atoms. The molecule has 0 aromatic carbocycles. The van der Waals surface area contributed by atoms with Gasteiger partial charge in [-0.1, -0.05) is 0 Å². The summed E-state index contributed by atoms with van der Waals surface area (Å²) in [5.74, 6) is 2.86. The molecule has 2 bridgehead atoms. The van der Waals surface area contributed by atoms with E-state index in [1.807, 2.05) is 9.36 Å². The second-order valence-electron chi connectivity index (χ2n) is 7.49. The number of ether oxygens (including phenoxy) is 1. The van der Waals surface area contributed by atoms with Crippen LogP contribution in [0.2, 0.25) is 0 Å². The number of hydrogen-bond acceptors (Lipinski definition) is 3. The summed E-state index contributed by atoms with van der Waals surface area (Å²) >= 11 is 0. The van der Waals surface area contributed by atoms with Gasteiger partial charge >= 0.3 is 11.4 Å². The van der Waals surface area contributed by atoms with Crippen LogP contribution < -0.4 is 11.4 Å². The molecule has 4 aliphatic carbocycles. The molecule has 2 spiro atoms. The van der Waals surface area contributed by atoms with Crippen molar-refractivity contribution in [2.24, 2.45) is 41.5 Å². The molecule has 1 aromatic heterocycles. The van der Waals surface area contributed by atoms with Gasteiger partial charge in [0.25, 0.3) is 0 Å². The van der Waals surface area contributed by atoms with Gasteiger partial charge in [-0.3, -0.25) is 0 Å². The molecule has 0 N–H and O–H groups in total. The molecule has 5 fully saturated rings. The molecule has 3 aliphatic heterocycles. The summed E-state index contributed by atoms with van der Waals surface area (Å²) in [6, 6.07) is 0.503.